The molecule has 1 atom stereocenters. The summed E-state index contributed by atoms with van der Waals surface area (Å²) in [5, 5.41) is 10.8. The number of hydrogen-bond acceptors (Lipinski definition) is 6. The normalized spacial score (nSPS) is 22.6. The molecule has 8 heteroatoms. The Morgan fingerprint density at radius 1 is 1.12 bits per heavy atom. The molecule has 0 aliphatic heterocycles. The van der Waals surface area contributed by atoms with E-state index >= 15 is 0 Å². The molecule has 2 aromatic rings. The first-order chi connectivity index (χ1) is 15.8. The van der Waals surface area contributed by atoms with E-state index in [0.29, 0.717) is 47.1 Å². The highest BCUT2D eigenvalue weighted by Gasteiger charge is 2.36. The van der Waals surface area contributed by atoms with Crippen LogP contribution in [0.4, 0.5) is 15.9 Å². The van der Waals surface area contributed by atoms with Crippen LogP contribution in [0.15, 0.2) is 24.5 Å². The van der Waals surface area contributed by atoms with E-state index in [4.69, 9.17) is 16.3 Å². The van der Waals surface area contributed by atoms with Gasteiger partial charge in [-0.2, -0.15) is 0 Å². The number of pyridine rings is 2. The lowest BCUT2D eigenvalue weighted by Crippen LogP contribution is -2.42. The Bertz CT molecular complexity index is 946. The number of anilines is 2. The van der Waals surface area contributed by atoms with Gasteiger partial charge in [-0.25, -0.2) is 14.4 Å². The van der Waals surface area contributed by atoms with Gasteiger partial charge in [0.1, 0.15) is 16.8 Å². The number of ether oxygens (including phenoxy) is 1. The highest BCUT2D eigenvalue weighted by atomic mass is 35.5. The summed E-state index contributed by atoms with van der Waals surface area (Å²) in [6.45, 7) is 6.00. The number of rotatable bonds is 10. The molecule has 0 unspecified atom stereocenters. The summed E-state index contributed by atoms with van der Waals surface area (Å²) >= 11 is 6.37. The number of nitrogens with zero attached hydrogens (tertiary/aromatic N) is 2. The van der Waals surface area contributed by atoms with Gasteiger partial charge in [0, 0.05) is 42.9 Å². The van der Waals surface area contributed by atoms with Crippen molar-refractivity contribution in [2.45, 2.75) is 70.5 Å². The molecule has 2 fully saturated rings. The molecule has 2 aromatic heterocycles. The molecule has 0 saturated heterocycles. The predicted octanol–water partition coefficient (Wildman–Crippen LogP) is 5.50. The molecule has 3 N–H and O–H groups in total. The van der Waals surface area contributed by atoms with Crippen molar-refractivity contribution in [3.63, 3.8) is 0 Å². The maximum Gasteiger partial charge on any atom is 0.149 e. The zero-order valence-corrected chi connectivity index (χ0v) is 20.5. The topological polar surface area (TPSA) is 71.1 Å². The lowest BCUT2D eigenvalue weighted by atomic mass is 9.90. The average Bonchev–Trinajstić information content (AvgIpc) is 3.53. The number of nitrogens with one attached hydrogen (secondary N) is 3. The van der Waals surface area contributed by atoms with Gasteiger partial charge in [-0.15, -0.1) is 0 Å². The Morgan fingerprint density at radius 3 is 2.55 bits per heavy atom. The maximum atomic E-state index is 14.8. The van der Waals surface area contributed by atoms with Gasteiger partial charge in [0.15, 0.2) is 0 Å². The van der Waals surface area contributed by atoms with Crippen molar-refractivity contribution in [1.82, 2.24) is 15.3 Å². The average molecular weight is 476 g/mol. The van der Waals surface area contributed by atoms with Gasteiger partial charge in [-0.3, -0.25) is 0 Å². The van der Waals surface area contributed by atoms with E-state index in [1.54, 1.807) is 19.4 Å². The zero-order chi connectivity index (χ0) is 23.4. The molecule has 0 radical (unpaired) electrons. The summed E-state index contributed by atoms with van der Waals surface area (Å²) < 4.78 is 20.0. The lowest BCUT2D eigenvalue weighted by molar-refractivity contribution is 0.161. The molecule has 6 nitrogen and oxygen atoms in total. The van der Waals surface area contributed by atoms with Crippen molar-refractivity contribution in [1.29, 1.82) is 0 Å². The predicted molar refractivity (Wildman–Crippen MR) is 132 cm³/mol. The molecule has 2 aliphatic carbocycles. The minimum Gasteiger partial charge on any atom is -0.383 e. The summed E-state index contributed by atoms with van der Waals surface area (Å²) in [4.78, 5) is 8.57. The summed E-state index contributed by atoms with van der Waals surface area (Å²) in [7, 11) is 1.73. The third-order valence-corrected chi connectivity index (χ3v) is 7.12. The largest absolute Gasteiger partial charge is 0.383 e. The van der Waals surface area contributed by atoms with Gasteiger partial charge in [-0.05, 0) is 63.0 Å². The number of aromatic nitrogens is 2. The van der Waals surface area contributed by atoms with Crippen LogP contribution in [0.1, 0.15) is 52.4 Å². The monoisotopic (exact) mass is 475 g/mol. The van der Waals surface area contributed by atoms with Crippen LogP contribution in [0.3, 0.4) is 0 Å². The van der Waals surface area contributed by atoms with Crippen LogP contribution in [0.25, 0.3) is 11.1 Å². The molecule has 4 rings (SSSR count). The fourth-order valence-electron chi connectivity index (χ4n) is 4.48. The highest BCUT2D eigenvalue weighted by molar-refractivity contribution is 6.32. The third-order valence-electron chi connectivity index (χ3n) is 6.82. The SMILES string of the molecule is COC[C@@H](C)N[C@H]1CC[C@H](Nc2cc(-c3cc(NCC4(C)CC4)cnc3Cl)c(F)cn2)CC1. The Balaban J connectivity index is 1.40. The van der Waals surface area contributed by atoms with Crippen LogP contribution < -0.4 is 16.0 Å². The molecule has 2 heterocycles. The van der Waals surface area contributed by atoms with E-state index in [0.717, 1.165) is 37.9 Å². The molecule has 180 valence electrons. The lowest BCUT2D eigenvalue weighted by Gasteiger charge is -2.31. The van der Waals surface area contributed by atoms with Crippen molar-refractivity contribution >= 4 is 23.1 Å². The highest BCUT2D eigenvalue weighted by Crippen LogP contribution is 2.45. The van der Waals surface area contributed by atoms with Gasteiger partial charge in [-0.1, -0.05) is 18.5 Å². The summed E-state index contributed by atoms with van der Waals surface area (Å²) in [6, 6.07) is 4.79. The van der Waals surface area contributed by atoms with E-state index in [9.17, 15) is 4.39 Å². The van der Waals surface area contributed by atoms with Crippen molar-refractivity contribution in [3.8, 4) is 11.1 Å². The Kier molecular flexibility index (Phi) is 7.72. The Hall–Kier alpha value is -1.96. The molecule has 0 amide bonds. The Labute approximate surface area is 201 Å². The van der Waals surface area contributed by atoms with Crippen molar-refractivity contribution in [2.75, 3.05) is 30.9 Å². The van der Waals surface area contributed by atoms with Crippen LogP contribution in [0, 0.1) is 11.2 Å². The van der Waals surface area contributed by atoms with E-state index < -0.39 is 5.82 Å². The number of halogens is 2. The first-order valence-electron chi connectivity index (χ1n) is 11.9. The van der Waals surface area contributed by atoms with Gasteiger partial charge in [0.25, 0.3) is 0 Å². The second kappa shape index (κ2) is 10.5. The van der Waals surface area contributed by atoms with Gasteiger partial charge in [0.2, 0.25) is 0 Å². The molecule has 0 spiro atoms. The first kappa shape index (κ1) is 24.2. The Morgan fingerprint density at radius 2 is 1.85 bits per heavy atom. The van der Waals surface area contributed by atoms with Crippen LogP contribution in [0.5, 0.6) is 0 Å². The van der Waals surface area contributed by atoms with Gasteiger partial charge >= 0.3 is 0 Å². The standard InChI is InChI=1S/C25H35ClFN5O/c1-16(14-33-3)31-17-4-6-18(7-5-17)32-23-11-20(22(27)13-28-23)21-10-19(12-29-24(21)26)30-15-25(2)8-9-25/h10-13,16-18,30-31H,4-9,14-15H2,1-3H3,(H,28,32)/t16-,17-,18-/m1/s1. The summed E-state index contributed by atoms with van der Waals surface area (Å²) in [5.74, 6) is 0.256. The minimum absolute atomic E-state index is 0.283. The van der Waals surface area contributed by atoms with E-state index in [1.165, 1.54) is 19.0 Å². The minimum atomic E-state index is -0.407. The number of hydrogen-bond donors (Lipinski definition) is 3. The fraction of sp³-hybridized carbons (Fsp3) is 0.600. The second-order valence-corrected chi connectivity index (χ2v) is 10.3. The van der Waals surface area contributed by atoms with Crippen molar-refractivity contribution in [2.24, 2.45) is 5.41 Å². The number of methoxy groups -OCH3 is 1. The molecule has 0 bridgehead atoms. The quantitative estimate of drug-likeness (QED) is 0.394. The zero-order valence-electron chi connectivity index (χ0n) is 19.8. The van der Waals surface area contributed by atoms with Crippen molar-refractivity contribution < 1.29 is 9.13 Å². The van der Waals surface area contributed by atoms with Crippen LogP contribution in [0.2, 0.25) is 5.15 Å². The summed E-state index contributed by atoms with van der Waals surface area (Å²) in [6.07, 6.45) is 9.66. The van der Waals surface area contributed by atoms with Gasteiger partial charge < -0.3 is 20.7 Å². The maximum absolute atomic E-state index is 14.8. The summed E-state index contributed by atoms with van der Waals surface area (Å²) in [5.41, 5.74) is 2.19. The molecular formula is C25H35ClFN5O. The van der Waals surface area contributed by atoms with E-state index in [1.807, 2.05) is 6.07 Å². The molecule has 2 saturated carbocycles. The smallest absolute Gasteiger partial charge is 0.149 e. The second-order valence-electron chi connectivity index (χ2n) is 9.99. The van der Waals surface area contributed by atoms with Crippen LogP contribution in [-0.2, 0) is 4.74 Å². The fourth-order valence-corrected chi connectivity index (χ4v) is 4.68. The first-order valence-corrected chi connectivity index (χ1v) is 12.3. The molecule has 0 aromatic carbocycles. The van der Waals surface area contributed by atoms with E-state index in [-0.39, 0.29) is 5.15 Å². The van der Waals surface area contributed by atoms with Crippen molar-refractivity contribution in [3.05, 3.63) is 35.5 Å². The van der Waals surface area contributed by atoms with Crippen LogP contribution in [-0.4, -0.2) is 48.4 Å². The van der Waals surface area contributed by atoms with E-state index in [2.05, 4.69) is 39.8 Å². The third kappa shape index (κ3) is 6.55. The van der Waals surface area contributed by atoms with Gasteiger partial charge in [0.05, 0.1) is 24.7 Å². The molecule has 2 aliphatic rings. The molecule has 33 heavy (non-hydrogen) atoms. The molecular weight excluding hydrogens is 441 g/mol. The van der Waals surface area contributed by atoms with Crippen LogP contribution >= 0.6 is 11.6 Å².